The number of ether oxygens (including phenoxy) is 1. The molecule has 0 atom stereocenters. The zero-order valence-corrected chi connectivity index (χ0v) is 21.8. The van der Waals surface area contributed by atoms with Crippen LogP contribution >= 0.6 is 11.6 Å². The molecule has 0 unspecified atom stereocenters. The summed E-state index contributed by atoms with van der Waals surface area (Å²) in [6.07, 6.45) is 0.852. The highest BCUT2D eigenvalue weighted by Crippen LogP contribution is 2.20. The van der Waals surface area contributed by atoms with E-state index in [9.17, 15) is 19.2 Å². The number of likely N-dealkylation sites (tertiary alicyclic amines) is 1. The van der Waals surface area contributed by atoms with E-state index in [0.717, 1.165) is 20.4 Å². The zero-order chi connectivity index (χ0) is 26.7. The van der Waals surface area contributed by atoms with Gasteiger partial charge in [-0.05, 0) is 68.5 Å². The number of nitrogens with zero attached hydrogens (tertiary/aromatic N) is 4. The third-order valence-electron chi connectivity index (χ3n) is 6.69. The molecule has 2 heterocycles. The van der Waals surface area contributed by atoms with Crippen LogP contribution in [0.15, 0.2) is 52.1 Å². The fraction of sp³-hybridized carbons (Fsp3) is 0.370. The standard InChI is InChI=1S/C27H29ClN4O5/c1-4-37-26(35)19-11-13-30(14-12-19)24(33)23-25(34)31(16-20-7-5-6-8-22(20)28)27(36)32(29-23)21-10-9-17(2)18(3)15-21/h5-10,15,19H,4,11-14,16H2,1-3H3. The first-order valence-corrected chi connectivity index (χ1v) is 12.6. The summed E-state index contributed by atoms with van der Waals surface area (Å²) in [6.45, 7) is 6.34. The number of halogens is 1. The van der Waals surface area contributed by atoms with Crippen molar-refractivity contribution in [3.63, 3.8) is 0 Å². The Kier molecular flexibility index (Phi) is 7.92. The molecular weight excluding hydrogens is 496 g/mol. The number of hydrogen-bond donors (Lipinski definition) is 0. The van der Waals surface area contributed by atoms with E-state index in [-0.39, 0.29) is 37.2 Å². The highest BCUT2D eigenvalue weighted by molar-refractivity contribution is 6.31. The molecule has 0 saturated carbocycles. The second-order valence-electron chi connectivity index (χ2n) is 9.11. The Balaban J connectivity index is 1.76. The van der Waals surface area contributed by atoms with Gasteiger partial charge in [-0.1, -0.05) is 35.9 Å². The number of hydrogen-bond acceptors (Lipinski definition) is 6. The largest absolute Gasteiger partial charge is 0.466 e. The zero-order valence-electron chi connectivity index (χ0n) is 21.1. The number of rotatable bonds is 6. The molecule has 1 saturated heterocycles. The van der Waals surface area contributed by atoms with E-state index < -0.39 is 17.2 Å². The minimum Gasteiger partial charge on any atom is -0.466 e. The van der Waals surface area contributed by atoms with Crippen molar-refractivity contribution in [1.29, 1.82) is 0 Å². The average molecular weight is 525 g/mol. The molecule has 0 bridgehead atoms. The van der Waals surface area contributed by atoms with Crippen molar-refractivity contribution >= 4 is 23.5 Å². The molecule has 0 aliphatic carbocycles. The number of aromatic nitrogens is 3. The summed E-state index contributed by atoms with van der Waals surface area (Å²) in [4.78, 5) is 54.0. The van der Waals surface area contributed by atoms with Gasteiger partial charge in [-0.15, -0.1) is 0 Å². The van der Waals surface area contributed by atoms with Gasteiger partial charge in [0.1, 0.15) is 0 Å². The van der Waals surface area contributed by atoms with Crippen molar-refractivity contribution in [3.8, 4) is 5.69 Å². The topological polar surface area (TPSA) is 104 Å². The predicted octanol–water partition coefficient (Wildman–Crippen LogP) is 3.13. The third kappa shape index (κ3) is 5.51. The van der Waals surface area contributed by atoms with Gasteiger partial charge in [0.2, 0.25) is 5.69 Å². The van der Waals surface area contributed by atoms with Gasteiger partial charge in [0, 0.05) is 18.1 Å². The van der Waals surface area contributed by atoms with Crippen LogP contribution in [0.5, 0.6) is 0 Å². The van der Waals surface area contributed by atoms with E-state index in [2.05, 4.69) is 5.10 Å². The van der Waals surface area contributed by atoms with Gasteiger partial charge in [0.05, 0.1) is 24.8 Å². The van der Waals surface area contributed by atoms with Gasteiger partial charge in [0.15, 0.2) is 0 Å². The van der Waals surface area contributed by atoms with Crippen LogP contribution < -0.4 is 11.2 Å². The molecule has 10 heteroatoms. The van der Waals surface area contributed by atoms with Crippen molar-refractivity contribution in [1.82, 2.24) is 19.2 Å². The van der Waals surface area contributed by atoms with E-state index in [1.54, 1.807) is 43.3 Å². The average Bonchev–Trinajstić information content (AvgIpc) is 2.89. The number of carbonyl (C=O) groups is 2. The van der Waals surface area contributed by atoms with Crippen molar-refractivity contribution in [3.05, 3.63) is 90.7 Å². The number of esters is 1. The van der Waals surface area contributed by atoms with Gasteiger partial charge < -0.3 is 9.64 Å². The van der Waals surface area contributed by atoms with E-state index in [0.29, 0.717) is 35.7 Å². The van der Waals surface area contributed by atoms with Crippen LogP contribution in [0, 0.1) is 19.8 Å². The molecule has 1 aliphatic heterocycles. The van der Waals surface area contributed by atoms with Gasteiger partial charge in [-0.2, -0.15) is 9.78 Å². The first-order valence-electron chi connectivity index (χ1n) is 12.2. The van der Waals surface area contributed by atoms with Crippen molar-refractivity contribution in [2.24, 2.45) is 5.92 Å². The molecule has 4 rings (SSSR count). The Hall–Kier alpha value is -3.72. The fourth-order valence-corrected chi connectivity index (χ4v) is 4.53. The van der Waals surface area contributed by atoms with Crippen LogP contribution in [0.1, 0.15) is 46.9 Å². The molecule has 0 radical (unpaired) electrons. The maximum Gasteiger partial charge on any atom is 0.352 e. The molecule has 1 aromatic heterocycles. The quantitative estimate of drug-likeness (QED) is 0.459. The molecule has 0 N–H and O–H groups in total. The highest BCUT2D eigenvalue weighted by atomic mass is 35.5. The number of amides is 1. The van der Waals surface area contributed by atoms with Crippen LogP contribution in [-0.2, 0) is 16.1 Å². The maximum absolute atomic E-state index is 13.5. The summed E-state index contributed by atoms with van der Waals surface area (Å²) >= 11 is 6.31. The number of aryl methyl sites for hydroxylation is 2. The lowest BCUT2D eigenvalue weighted by atomic mass is 9.97. The molecule has 194 valence electrons. The summed E-state index contributed by atoms with van der Waals surface area (Å²) in [5.41, 5.74) is 1.14. The van der Waals surface area contributed by atoms with E-state index >= 15 is 0 Å². The molecule has 1 fully saturated rings. The normalized spacial score (nSPS) is 14.0. The first kappa shape index (κ1) is 26.3. The summed E-state index contributed by atoms with van der Waals surface area (Å²) < 4.78 is 7.18. The summed E-state index contributed by atoms with van der Waals surface area (Å²) in [5, 5.41) is 4.65. The van der Waals surface area contributed by atoms with Crippen molar-refractivity contribution < 1.29 is 14.3 Å². The lowest BCUT2D eigenvalue weighted by Gasteiger charge is -2.30. The molecule has 2 aromatic carbocycles. The van der Waals surface area contributed by atoms with E-state index in [4.69, 9.17) is 16.3 Å². The molecule has 1 amide bonds. The van der Waals surface area contributed by atoms with Crippen LogP contribution in [0.3, 0.4) is 0 Å². The highest BCUT2D eigenvalue weighted by Gasteiger charge is 2.31. The Morgan fingerprint density at radius 1 is 1.05 bits per heavy atom. The Bertz CT molecular complexity index is 1450. The second-order valence-corrected chi connectivity index (χ2v) is 9.52. The summed E-state index contributed by atoms with van der Waals surface area (Å²) in [6, 6.07) is 12.3. The van der Waals surface area contributed by atoms with E-state index in [1.165, 1.54) is 4.90 Å². The maximum atomic E-state index is 13.5. The van der Waals surface area contributed by atoms with Crippen molar-refractivity contribution in [2.45, 2.75) is 40.2 Å². The molecule has 0 spiro atoms. The van der Waals surface area contributed by atoms with Crippen LogP contribution in [-0.4, -0.2) is 50.8 Å². The minimum atomic E-state index is -0.789. The van der Waals surface area contributed by atoms with Crippen LogP contribution in [0.4, 0.5) is 0 Å². The first-order chi connectivity index (χ1) is 17.7. The monoisotopic (exact) mass is 524 g/mol. The van der Waals surface area contributed by atoms with Gasteiger partial charge in [0.25, 0.3) is 11.5 Å². The summed E-state index contributed by atoms with van der Waals surface area (Å²) in [7, 11) is 0. The Morgan fingerprint density at radius 2 is 1.76 bits per heavy atom. The smallest absolute Gasteiger partial charge is 0.352 e. The second kappa shape index (κ2) is 11.1. The lowest BCUT2D eigenvalue weighted by Crippen LogP contribution is -2.48. The van der Waals surface area contributed by atoms with Gasteiger partial charge >= 0.3 is 11.7 Å². The Morgan fingerprint density at radius 3 is 2.41 bits per heavy atom. The fourth-order valence-electron chi connectivity index (χ4n) is 4.34. The Labute approximate surface area is 219 Å². The third-order valence-corrected chi connectivity index (χ3v) is 7.05. The van der Waals surface area contributed by atoms with Crippen molar-refractivity contribution in [2.75, 3.05) is 19.7 Å². The molecule has 1 aliphatic rings. The van der Waals surface area contributed by atoms with E-state index in [1.807, 2.05) is 19.9 Å². The van der Waals surface area contributed by atoms with Gasteiger partial charge in [-0.25, -0.2) is 4.79 Å². The molecule has 37 heavy (non-hydrogen) atoms. The summed E-state index contributed by atoms with van der Waals surface area (Å²) in [5.74, 6) is -1.16. The molecule has 3 aromatic rings. The number of benzene rings is 2. The number of carbonyl (C=O) groups excluding carboxylic acids is 2. The minimum absolute atomic E-state index is 0.115. The van der Waals surface area contributed by atoms with Gasteiger partial charge in [-0.3, -0.25) is 19.0 Å². The molecular formula is C27H29ClN4O5. The van der Waals surface area contributed by atoms with Crippen LogP contribution in [0.2, 0.25) is 5.02 Å². The number of piperidine rings is 1. The predicted molar refractivity (Wildman–Crippen MR) is 139 cm³/mol. The van der Waals surface area contributed by atoms with Crippen LogP contribution in [0.25, 0.3) is 5.69 Å². The molecule has 9 nitrogen and oxygen atoms in total. The lowest BCUT2D eigenvalue weighted by molar-refractivity contribution is -0.149. The SMILES string of the molecule is CCOC(=O)C1CCN(C(=O)c2nn(-c3ccc(C)c(C)c3)c(=O)n(Cc3ccccc3Cl)c2=O)CC1.